The molecule has 0 saturated carbocycles. The van der Waals surface area contributed by atoms with Gasteiger partial charge in [-0.05, 0) is 37.3 Å². The third-order valence-corrected chi connectivity index (χ3v) is 3.56. The van der Waals surface area contributed by atoms with Gasteiger partial charge in [-0.15, -0.1) is 0 Å². The van der Waals surface area contributed by atoms with E-state index in [9.17, 15) is 9.59 Å². The highest BCUT2D eigenvalue weighted by Crippen LogP contribution is 2.23. The summed E-state index contributed by atoms with van der Waals surface area (Å²) in [5.41, 5.74) is 1.70. The average molecular weight is 326 g/mol. The fraction of sp³-hybridized carbons (Fsp3) is 0.118. The Hall–Kier alpha value is -3.19. The molecule has 2 aromatic heterocycles. The predicted molar refractivity (Wildman–Crippen MR) is 86.0 cm³/mol. The number of benzene rings is 1. The maximum atomic E-state index is 12.4. The number of hydrogen-bond acceptors (Lipinski definition) is 5. The van der Waals surface area contributed by atoms with E-state index in [4.69, 9.17) is 14.6 Å². The van der Waals surface area contributed by atoms with Crippen LogP contribution in [0.15, 0.2) is 40.9 Å². The van der Waals surface area contributed by atoms with Gasteiger partial charge in [0.1, 0.15) is 18.0 Å². The summed E-state index contributed by atoms with van der Waals surface area (Å²) in [6.45, 7) is 1.43. The first-order chi connectivity index (χ1) is 11.5. The van der Waals surface area contributed by atoms with Gasteiger partial charge >= 0.3 is 5.97 Å². The third-order valence-electron chi connectivity index (χ3n) is 3.56. The second kappa shape index (κ2) is 6.13. The number of hydrogen-bond donors (Lipinski definition) is 3. The number of rotatable bonds is 4. The molecule has 1 aromatic carbocycles. The van der Waals surface area contributed by atoms with Crippen molar-refractivity contribution in [3.63, 3.8) is 0 Å². The van der Waals surface area contributed by atoms with E-state index in [1.807, 2.05) is 0 Å². The van der Waals surface area contributed by atoms with Crippen molar-refractivity contribution < 1.29 is 24.2 Å². The molecule has 0 bridgehead atoms. The molecule has 7 heteroatoms. The number of furan rings is 1. The second-order valence-electron chi connectivity index (χ2n) is 5.24. The molecule has 0 saturated heterocycles. The van der Waals surface area contributed by atoms with Gasteiger partial charge in [0, 0.05) is 17.3 Å². The largest absolute Gasteiger partial charge is 0.478 e. The van der Waals surface area contributed by atoms with E-state index < -0.39 is 11.9 Å². The van der Waals surface area contributed by atoms with Gasteiger partial charge in [0.15, 0.2) is 0 Å². The van der Waals surface area contributed by atoms with Gasteiger partial charge in [0.05, 0.1) is 16.8 Å². The SMILES string of the molecule is Cc1ncc(C(=O)O)cc1C(=O)Nc1ccc2oc(CO)cc2c1. The standard InChI is InChI=1S/C17H14N2O5/c1-9-14(6-11(7-18-9)17(22)23)16(21)19-12-2-3-15-10(4-12)5-13(8-20)24-15/h2-7,20H,8H2,1H3,(H,19,21)(H,22,23). The van der Waals surface area contributed by atoms with Crippen molar-refractivity contribution in [2.45, 2.75) is 13.5 Å². The summed E-state index contributed by atoms with van der Waals surface area (Å²) in [6.07, 6.45) is 1.21. The van der Waals surface area contributed by atoms with Gasteiger partial charge in [-0.2, -0.15) is 0 Å². The molecular weight excluding hydrogens is 312 g/mol. The van der Waals surface area contributed by atoms with Crippen molar-refractivity contribution in [1.82, 2.24) is 4.98 Å². The molecule has 0 fully saturated rings. The quantitative estimate of drug-likeness (QED) is 0.679. The number of carbonyl (C=O) groups is 2. The highest BCUT2D eigenvalue weighted by molar-refractivity contribution is 6.06. The number of carbonyl (C=O) groups excluding carboxylic acids is 1. The Labute approximate surface area is 136 Å². The van der Waals surface area contributed by atoms with Crippen LogP contribution in [0.1, 0.15) is 32.2 Å². The van der Waals surface area contributed by atoms with Crippen LogP contribution < -0.4 is 5.32 Å². The molecule has 0 aliphatic heterocycles. The molecule has 0 aliphatic rings. The highest BCUT2D eigenvalue weighted by atomic mass is 16.4. The van der Waals surface area contributed by atoms with Crippen molar-refractivity contribution in [3.05, 3.63) is 59.1 Å². The minimum Gasteiger partial charge on any atom is -0.478 e. The number of aliphatic hydroxyl groups excluding tert-OH is 1. The van der Waals surface area contributed by atoms with Crippen LogP contribution >= 0.6 is 0 Å². The first-order valence-corrected chi connectivity index (χ1v) is 7.12. The lowest BCUT2D eigenvalue weighted by Crippen LogP contribution is -2.15. The van der Waals surface area contributed by atoms with Gasteiger partial charge in [0.2, 0.25) is 0 Å². The normalized spacial score (nSPS) is 10.8. The van der Waals surface area contributed by atoms with Gasteiger partial charge in [0.25, 0.3) is 5.91 Å². The van der Waals surface area contributed by atoms with Crippen LogP contribution in [0, 0.1) is 6.92 Å². The number of carboxylic acids is 1. The number of aromatic nitrogens is 1. The lowest BCUT2D eigenvalue weighted by atomic mass is 10.1. The summed E-state index contributed by atoms with van der Waals surface area (Å²) in [4.78, 5) is 27.4. The zero-order valence-corrected chi connectivity index (χ0v) is 12.7. The topological polar surface area (TPSA) is 113 Å². The number of aromatic carboxylic acids is 1. The van der Waals surface area contributed by atoms with Crippen LogP contribution in [0.5, 0.6) is 0 Å². The number of nitrogens with one attached hydrogen (secondary N) is 1. The minimum absolute atomic E-state index is 0.0522. The van der Waals surface area contributed by atoms with Crippen LogP contribution in [0.25, 0.3) is 11.0 Å². The molecular formula is C17H14N2O5. The Morgan fingerprint density at radius 3 is 2.75 bits per heavy atom. The number of fused-ring (bicyclic) bond motifs is 1. The Kier molecular flexibility index (Phi) is 4.01. The number of anilines is 1. The summed E-state index contributed by atoms with van der Waals surface area (Å²) in [5, 5.41) is 21.5. The van der Waals surface area contributed by atoms with E-state index in [1.54, 1.807) is 31.2 Å². The van der Waals surface area contributed by atoms with E-state index in [1.165, 1.54) is 12.3 Å². The monoisotopic (exact) mass is 326 g/mol. The van der Waals surface area contributed by atoms with Crippen molar-refractivity contribution in [3.8, 4) is 0 Å². The molecule has 0 aliphatic carbocycles. The molecule has 0 atom stereocenters. The number of carboxylic acid groups (broad SMARTS) is 1. The summed E-state index contributed by atoms with van der Waals surface area (Å²) >= 11 is 0. The molecule has 24 heavy (non-hydrogen) atoms. The lowest BCUT2D eigenvalue weighted by Gasteiger charge is -2.08. The molecule has 3 N–H and O–H groups in total. The van der Waals surface area contributed by atoms with E-state index in [0.717, 1.165) is 5.39 Å². The molecule has 0 spiro atoms. The number of pyridine rings is 1. The van der Waals surface area contributed by atoms with E-state index in [-0.39, 0.29) is 17.7 Å². The lowest BCUT2D eigenvalue weighted by molar-refractivity contribution is 0.0696. The summed E-state index contributed by atoms with van der Waals surface area (Å²) in [5.74, 6) is -1.16. The van der Waals surface area contributed by atoms with Gasteiger partial charge in [-0.3, -0.25) is 9.78 Å². The number of aryl methyl sites for hydroxylation is 1. The van der Waals surface area contributed by atoms with E-state index >= 15 is 0 Å². The summed E-state index contributed by atoms with van der Waals surface area (Å²) < 4.78 is 5.39. The molecule has 2 heterocycles. The fourth-order valence-corrected chi connectivity index (χ4v) is 2.33. The Bertz CT molecular complexity index is 945. The fourth-order valence-electron chi connectivity index (χ4n) is 2.33. The van der Waals surface area contributed by atoms with Crippen LogP contribution in [0.2, 0.25) is 0 Å². The molecule has 1 amide bonds. The zero-order chi connectivity index (χ0) is 17.3. The molecule has 0 radical (unpaired) electrons. The molecule has 3 aromatic rings. The van der Waals surface area contributed by atoms with Gasteiger partial charge in [-0.25, -0.2) is 4.79 Å². The molecule has 122 valence electrons. The Balaban J connectivity index is 1.89. The maximum absolute atomic E-state index is 12.4. The average Bonchev–Trinajstić information content (AvgIpc) is 2.97. The smallest absolute Gasteiger partial charge is 0.337 e. The third kappa shape index (κ3) is 2.97. The second-order valence-corrected chi connectivity index (χ2v) is 5.24. The first kappa shape index (κ1) is 15.7. The molecule has 3 rings (SSSR count). The van der Waals surface area contributed by atoms with Crippen LogP contribution in [-0.2, 0) is 6.61 Å². The molecule has 0 unspecified atom stereocenters. The van der Waals surface area contributed by atoms with Crippen LogP contribution in [-0.4, -0.2) is 27.1 Å². The van der Waals surface area contributed by atoms with E-state index in [0.29, 0.717) is 22.7 Å². The number of nitrogens with zero attached hydrogens (tertiary/aromatic N) is 1. The Morgan fingerprint density at radius 1 is 1.25 bits per heavy atom. The number of aliphatic hydroxyl groups is 1. The highest BCUT2D eigenvalue weighted by Gasteiger charge is 2.14. The van der Waals surface area contributed by atoms with Crippen molar-refractivity contribution >= 4 is 28.5 Å². The van der Waals surface area contributed by atoms with Crippen molar-refractivity contribution in [2.75, 3.05) is 5.32 Å². The van der Waals surface area contributed by atoms with Crippen molar-refractivity contribution in [2.24, 2.45) is 0 Å². The maximum Gasteiger partial charge on any atom is 0.337 e. The summed E-state index contributed by atoms with van der Waals surface area (Å²) in [7, 11) is 0. The minimum atomic E-state index is -1.15. The predicted octanol–water partition coefficient (Wildman–Crippen LogP) is 2.58. The Morgan fingerprint density at radius 2 is 2.04 bits per heavy atom. The van der Waals surface area contributed by atoms with Crippen LogP contribution in [0.3, 0.4) is 0 Å². The number of amides is 1. The first-order valence-electron chi connectivity index (χ1n) is 7.12. The summed E-state index contributed by atoms with van der Waals surface area (Å²) in [6, 6.07) is 8.03. The molecule has 7 nitrogen and oxygen atoms in total. The zero-order valence-electron chi connectivity index (χ0n) is 12.7. The van der Waals surface area contributed by atoms with Gasteiger partial charge < -0.3 is 19.9 Å². The van der Waals surface area contributed by atoms with Crippen LogP contribution in [0.4, 0.5) is 5.69 Å². The van der Waals surface area contributed by atoms with Gasteiger partial charge in [-0.1, -0.05) is 0 Å². The van der Waals surface area contributed by atoms with Crippen molar-refractivity contribution in [1.29, 1.82) is 0 Å². The van der Waals surface area contributed by atoms with E-state index in [2.05, 4.69) is 10.3 Å².